The van der Waals surface area contributed by atoms with Gasteiger partial charge in [-0.25, -0.2) is 4.79 Å². The maximum absolute atomic E-state index is 13.0. The van der Waals surface area contributed by atoms with Crippen LogP contribution in [-0.4, -0.2) is 51.8 Å². The molecule has 1 saturated heterocycles. The van der Waals surface area contributed by atoms with E-state index in [9.17, 15) is 19.2 Å². The van der Waals surface area contributed by atoms with E-state index in [1.54, 1.807) is 32.9 Å². The molecule has 0 radical (unpaired) electrons. The van der Waals surface area contributed by atoms with Gasteiger partial charge in [0.1, 0.15) is 11.6 Å². The van der Waals surface area contributed by atoms with Gasteiger partial charge >= 0.3 is 6.09 Å². The molecule has 1 fully saturated rings. The lowest BCUT2D eigenvalue weighted by molar-refractivity contribution is -0.150. The number of carbonyl (C=O) groups is 4. The second-order valence-electron chi connectivity index (χ2n) is 8.25. The van der Waals surface area contributed by atoms with Crippen LogP contribution in [0.4, 0.5) is 10.5 Å². The summed E-state index contributed by atoms with van der Waals surface area (Å²) in [5.41, 5.74) is 1.19. The molecule has 3 rings (SSSR count). The van der Waals surface area contributed by atoms with Crippen LogP contribution in [0.15, 0.2) is 18.2 Å². The second-order valence-corrected chi connectivity index (χ2v) is 8.25. The van der Waals surface area contributed by atoms with Gasteiger partial charge in [-0.1, -0.05) is 6.07 Å². The van der Waals surface area contributed by atoms with Crippen molar-refractivity contribution in [1.29, 1.82) is 0 Å². The van der Waals surface area contributed by atoms with Crippen LogP contribution < -0.4 is 5.32 Å². The molecule has 0 bridgehead atoms. The average molecular weight is 411 g/mol. The summed E-state index contributed by atoms with van der Waals surface area (Å²) < 4.78 is 5.21. The van der Waals surface area contributed by atoms with E-state index < -0.39 is 29.6 Å². The molecule has 1 aromatic carbocycles. The number of carbonyl (C=O) groups excluding carboxylic acids is 4. The minimum Gasteiger partial charge on any atom is -0.443 e. The van der Waals surface area contributed by atoms with Gasteiger partial charge in [-0.3, -0.25) is 14.4 Å². The molecule has 0 saturated carbocycles. The number of terminal acetylenes is 1. The maximum Gasteiger partial charge on any atom is 0.424 e. The molecule has 4 amide bonds. The number of ether oxygens (including phenoxy) is 1. The lowest BCUT2D eigenvalue weighted by Crippen LogP contribution is -2.57. The van der Waals surface area contributed by atoms with Crippen molar-refractivity contribution in [2.75, 3.05) is 11.9 Å². The SMILES string of the molecule is C#CCCNc1cccc2c1CN(C1CCC(=O)N(C(=O)OC(C)(C)C)C1=O)C2=O. The van der Waals surface area contributed by atoms with Crippen LogP contribution in [-0.2, 0) is 20.9 Å². The first kappa shape index (κ1) is 21.4. The van der Waals surface area contributed by atoms with Gasteiger partial charge in [-0.2, -0.15) is 4.90 Å². The van der Waals surface area contributed by atoms with E-state index in [0.717, 1.165) is 11.3 Å². The Hall–Kier alpha value is -3.34. The summed E-state index contributed by atoms with van der Waals surface area (Å²) in [5, 5.41) is 3.22. The Bertz CT molecular complexity index is 941. The Labute approximate surface area is 175 Å². The summed E-state index contributed by atoms with van der Waals surface area (Å²) in [6.07, 6.45) is 4.95. The largest absolute Gasteiger partial charge is 0.443 e. The van der Waals surface area contributed by atoms with E-state index >= 15 is 0 Å². The van der Waals surface area contributed by atoms with Gasteiger partial charge in [0.15, 0.2) is 0 Å². The number of hydrogen-bond acceptors (Lipinski definition) is 6. The fourth-order valence-electron chi connectivity index (χ4n) is 3.60. The Kier molecular flexibility index (Phi) is 5.83. The fraction of sp³-hybridized carbons (Fsp3) is 0.455. The van der Waals surface area contributed by atoms with Crippen molar-refractivity contribution in [3.8, 4) is 12.3 Å². The molecule has 8 heteroatoms. The highest BCUT2D eigenvalue weighted by atomic mass is 16.6. The normalized spacial score (nSPS) is 18.9. The predicted octanol–water partition coefficient (Wildman–Crippen LogP) is 2.53. The van der Waals surface area contributed by atoms with E-state index in [2.05, 4.69) is 11.2 Å². The molecule has 1 aromatic rings. The topological polar surface area (TPSA) is 96.0 Å². The number of nitrogens with one attached hydrogen (secondary N) is 1. The maximum atomic E-state index is 13.0. The van der Waals surface area contributed by atoms with E-state index in [1.165, 1.54) is 4.90 Å². The van der Waals surface area contributed by atoms with Crippen LogP contribution in [0.2, 0.25) is 0 Å². The molecule has 2 heterocycles. The number of anilines is 1. The van der Waals surface area contributed by atoms with Gasteiger partial charge in [-0.15, -0.1) is 12.3 Å². The summed E-state index contributed by atoms with van der Waals surface area (Å²) in [4.78, 5) is 52.7. The monoisotopic (exact) mass is 411 g/mol. The molecular formula is C22H25N3O5. The zero-order valence-corrected chi connectivity index (χ0v) is 17.4. The molecule has 1 unspecified atom stereocenters. The van der Waals surface area contributed by atoms with Crippen molar-refractivity contribution < 1.29 is 23.9 Å². The van der Waals surface area contributed by atoms with Crippen molar-refractivity contribution in [1.82, 2.24) is 9.80 Å². The second kappa shape index (κ2) is 8.19. The fourth-order valence-corrected chi connectivity index (χ4v) is 3.60. The number of hydrogen-bond donors (Lipinski definition) is 1. The molecule has 0 spiro atoms. The van der Waals surface area contributed by atoms with Crippen molar-refractivity contribution in [3.05, 3.63) is 29.3 Å². The van der Waals surface area contributed by atoms with Crippen LogP contribution in [0, 0.1) is 12.3 Å². The van der Waals surface area contributed by atoms with Crippen LogP contribution >= 0.6 is 0 Å². The molecular weight excluding hydrogens is 386 g/mol. The summed E-state index contributed by atoms with van der Waals surface area (Å²) >= 11 is 0. The summed E-state index contributed by atoms with van der Waals surface area (Å²) in [5.74, 6) is 0.895. The molecule has 2 aliphatic heterocycles. The number of imide groups is 3. The van der Waals surface area contributed by atoms with Crippen molar-refractivity contribution in [2.24, 2.45) is 0 Å². The Morgan fingerprint density at radius 3 is 2.70 bits per heavy atom. The number of piperidine rings is 1. The zero-order chi connectivity index (χ0) is 22.1. The average Bonchev–Trinajstić information content (AvgIpc) is 2.98. The minimum atomic E-state index is -1.01. The van der Waals surface area contributed by atoms with Crippen molar-refractivity contribution >= 4 is 29.5 Å². The van der Waals surface area contributed by atoms with Crippen molar-refractivity contribution in [3.63, 3.8) is 0 Å². The molecule has 158 valence electrons. The van der Waals surface area contributed by atoms with E-state index in [1.807, 2.05) is 6.07 Å². The lowest BCUT2D eigenvalue weighted by Gasteiger charge is -2.35. The standard InChI is InChI=1S/C22H25N3O5/c1-5-6-12-23-16-9-7-8-14-15(16)13-24(19(14)27)17-10-11-18(26)25(20(17)28)21(29)30-22(2,3)4/h1,7-9,17,23H,6,10-13H2,2-4H3. The number of amides is 4. The third-order valence-electron chi connectivity index (χ3n) is 4.92. The van der Waals surface area contributed by atoms with Gasteiger partial charge in [0, 0.05) is 42.7 Å². The van der Waals surface area contributed by atoms with Crippen molar-refractivity contribution in [2.45, 2.75) is 58.2 Å². The van der Waals surface area contributed by atoms with Gasteiger partial charge in [0.2, 0.25) is 5.91 Å². The number of nitrogens with zero attached hydrogens (tertiary/aromatic N) is 2. The molecule has 1 atom stereocenters. The van der Waals surface area contributed by atoms with Gasteiger partial charge in [0.05, 0.1) is 0 Å². The number of likely N-dealkylation sites (tertiary alicyclic amines) is 1. The molecule has 30 heavy (non-hydrogen) atoms. The van der Waals surface area contributed by atoms with Crippen LogP contribution in [0.25, 0.3) is 0 Å². The first-order valence-electron chi connectivity index (χ1n) is 9.84. The highest BCUT2D eigenvalue weighted by Crippen LogP contribution is 2.33. The highest BCUT2D eigenvalue weighted by Gasteiger charge is 2.46. The first-order valence-corrected chi connectivity index (χ1v) is 9.84. The van der Waals surface area contributed by atoms with E-state index in [-0.39, 0.29) is 25.3 Å². The highest BCUT2D eigenvalue weighted by molar-refractivity contribution is 6.13. The number of benzene rings is 1. The van der Waals surface area contributed by atoms with Crippen LogP contribution in [0.1, 0.15) is 56.0 Å². The number of fused-ring (bicyclic) bond motifs is 1. The summed E-state index contributed by atoms with van der Waals surface area (Å²) in [6, 6.07) is 4.41. The van der Waals surface area contributed by atoms with Gasteiger partial charge < -0.3 is 15.0 Å². The third-order valence-corrected chi connectivity index (χ3v) is 4.92. The van der Waals surface area contributed by atoms with E-state index in [0.29, 0.717) is 23.4 Å². The van der Waals surface area contributed by atoms with Crippen LogP contribution in [0.5, 0.6) is 0 Å². The smallest absolute Gasteiger partial charge is 0.424 e. The minimum absolute atomic E-state index is 0.0248. The molecule has 2 aliphatic rings. The first-order chi connectivity index (χ1) is 14.1. The quantitative estimate of drug-likeness (QED) is 0.465. The molecule has 8 nitrogen and oxygen atoms in total. The molecule has 1 N–H and O–H groups in total. The van der Waals surface area contributed by atoms with E-state index in [4.69, 9.17) is 11.2 Å². The van der Waals surface area contributed by atoms with Crippen LogP contribution in [0.3, 0.4) is 0 Å². The predicted molar refractivity (Wildman–Crippen MR) is 109 cm³/mol. The molecule has 0 aliphatic carbocycles. The molecule has 0 aromatic heterocycles. The van der Waals surface area contributed by atoms with Gasteiger partial charge in [-0.05, 0) is 39.3 Å². The third kappa shape index (κ3) is 4.15. The number of rotatable bonds is 4. The lowest BCUT2D eigenvalue weighted by atomic mass is 10.0. The Morgan fingerprint density at radius 1 is 1.30 bits per heavy atom. The Morgan fingerprint density at radius 2 is 2.03 bits per heavy atom. The summed E-state index contributed by atoms with van der Waals surface area (Å²) in [7, 11) is 0. The zero-order valence-electron chi connectivity index (χ0n) is 17.4. The Balaban J connectivity index is 1.82. The summed E-state index contributed by atoms with van der Waals surface area (Å²) in [6.45, 7) is 5.72. The van der Waals surface area contributed by atoms with Gasteiger partial charge in [0.25, 0.3) is 11.8 Å².